The molecule has 0 aliphatic carbocycles. The minimum atomic E-state index is -3.39. The Bertz CT molecular complexity index is 578. The molecule has 0 fully saturated rings. The van der Waals surface area contributed by atoms with Crippen molar-refractivity contribution in [3.8, 4) is 0 Å². The van der Waals surface area contributed by atoms with Crippen molar-refractivity contribution in [3.63, 3.8) is 0 Å². The molecular formula is C13H20N2O3S2. The first kappa shape index (κ1) is 15.7. The van der Waals surface area contributed by atoms with Crippen LogP contribution in [0.2, 0.25) is 0 Å². The maximum absolute atomic E-state index is 12.7. The molecule has 1 aromatic rings. The minimum absolute atomic E-state index is 0.426. The molecule has 0 aromatic carbocycles. The first-order chi connectivity index (χ1) is 9.59. The summed E-state index contributed by atoms with van der Waals surface area (Å²) in [6.45, 7) is 2.10. The molecule has 0 saturated heterocycles. The quantitative estimate of drug-likeness (QED) is 0.807. The van der Waals surface area contributed by atoms with Crippen molar-refractivity contribution in [2.75, 3.05) is 33.9 Å². The summed E-state index contributed by atoms with van der Waals surface area (Å²) in [7, 11) is 0.0768. The maximum Gasteiger partial charge on any atom is 0.244 e. The molecule has 1 aliphatic rings. The van der Waals surface area contributed by atoms with Crippen LogP contribution in [0.5, 0.6) is 0 Å². The number of rotatable bonds is 6. The van der Waals surface area contributed by atoms with Crippen LogP contribution in [-0.4, -0.2) is 46.6 Å². The fourth-order valence-corrected chi connectivity index (χ4v) is 5.02. The smallest absolute Gasteiger partial charge is 0.244 e. The summed E-state index contributed by atoms with van der Waals surface area (Å²) in [5.74, 6) is 0. The molecule has 2 heterocycles. The summed E-state index contributed by atoms with van der Waals surface area (Å²) in [5.41, 5.74) is 1.17. The van der Waals surface area contributed by atoms with E-state index in [9.17, 15) is 8.42 Å². The van der Waals surface area contributed by atoms with Gasteiger partial charge in [-0.3, -0.25) is 0 Å². The van der Waals surface area contributed by atoms with Gasteiger partial charge in [0.1, 0.15) is 0 Å². The molecule has 1 N–H and O–H groups in total. The number of sulfonamides is 1. The summed E-state index contributed by atoms with van der Waals surface area (Å²) in [6, 6.07) is 1.70. The van der Waals surface area contributed by atoms with Gasteiger partial charge in [0.25, 0.3) is 0 Å². The third kappa shape index (κ3) is 3.29. The Kier molecular flexibility index (Phi) is 5.34. The average molecular weight is 316 g/mol. The van der Waals surface area contributed by atoms with Gasteiger partial charge in [0, 0.05) is 31.6 Å². The number of ether oxygens (including phenoxy) is 1. The van der Waals surface area contributed by atoms with Crippen molar-refractivity contribution in [1.82, 2.24) is 9.62 Å². The van der Waals surface area contributed by atoms with Crippen molar-refractivity contribution in [2.45, 2.75) is 17.9 Å². The van der Waals surface area contributed by atoms with E-state index in [1.165, 1.54) is 21.2 Å². The first-order valence-electron chi connectivity index (χ1n) is 6.47. The first-order valence-corrected chi connectivity index (χ1v) is 8.79. The zero-order valence-electron chi connectivity index (χ0n) is 11.8. The molecule has 7 heteroatoms. The Hall–Kier alpha value is -0.730. The second-order valence-corrected chi connectivity index (χ2v) is 7.55. The van der Waals surface area contributed by atoms with Crippen molar-refractivity contribution in [3.05, 3.63) is 28.0 Å². The van der Waals surface area contributed by atoms with Crippen LogP contribution in [0.25, 0.3) is 0 Å². The molecule has 112 valence electrons. The van der Waals surface area contributed by atoms with E-state index in [2.05, 4.69) is 5.32 Å². The van der Waals surface area contributed by atoms with Gasteiger partial charge >= 0.3 is 0 Å². The van der Waals surface area contributed by atoms with Crippen LogP contribution in [0, 0.1) is 0 Å². The highest BCUT2D eigenvalue weighted by molar-refractivity contribution is 7.89. The van der Waals surface area contributed by atoms with Crippen LogP contribution >= 0.6 is 11.3 Å². The van der Waals surface area contributed by atoms with E-state index < -0.39 is 10.0 Å². The Morgan fingerprint density at radius 3 is 2.90 bits per heavy atom. The highest BCUT2D eigenvalue weighted by Gasteiger charge is 2.28. The van der Waals surface area contributed by atoms with Gasteiger partial charge in [-0.25, -0.2) is 8.42 Å². The molecule has 0 amide bonds. The standard InChI is InChI=1S/C13H20N2O3S2/c1-14-9-12-13(5-8-19-12)20(16,17)15-6-3-11(4-7-15)10-18-2/h3,5,8,14H,4,6-7,9-10H2,1-2H3. The molecule has 0 bridgehead atoms. The zero-order chi connectivity index (χ0) is 14.6. The second kappa shape index (κ2) is 6.82. The molecule has 0 spiro atoms. The topological polar surface area (TPSA) is 58.6 Å². The molecule has 1 aliphatic heterocycles. The fraction of sp³-hybridized carbons (Fsp3) is 0.538. The molecule has 2 rings (SSSR count). The summed E-state index contributed by atoms with van der Waals surface area (Å²) in [5, 5.41) is 4.84. The Morgan fingerprint density at radius 1 is 1.50 bits per heavy atom. The number of methoxy groups -OCH3 is 1. The lowest BCUT2D eigenvalue weighted by molar-refractivity contribution is 0.219. The largest absolute Gasteiger partial charge is 0.380 e. The third-order valence-electron chi connectivity index (χ3n) is 3.26. The number of hydrogen-bond donors (Lipinski definition) is 1. The van der Waals surface area contributed by atoms with Crippen molar-refractivity contribution >= 4 is 21.4 Å². The summed E-state index contributed by atoms with van der Waals surface area (Å²) >= 11 is 1.47. The van der Waals surface area contributed by atoms with Gasteiger partial charge in [-0.15, -0.1) is 11.3 Å². The summed E-state index contributed by atoms with van der Waals surface area (Å²) < 4.78 is 31.9. The monoisotopic (exact) mass is 316 g/mol. The van der Waals surface area contributed by atoms with Crippen LogP contribution in [-0.2, 0) is 21.3 Å². The Morgan fingerprint density at radius 2 is 2.30 bits per heavy atom. The van der Waals surface area contributed by atoms with E-state index in [0.29, 0.717) is 31.1 Å². The SMILES string of the molecule is CNCc1sccc1S(=O)(=O)N1CC=C(COC)CC1. The number of nitrogens with one attached hydrogen (secondary N) is 1. The lowest BCUT2D eigenvalue weighted by Crippen LogP contribution is -2.35. The van der Waals surface area contributed by atoms with E-state index in [0.717, 1.165) is 11.3 Å². The van der Waals surface area contributed by atoms with E-state index in [-0.39, 0.29) is 0 Å². The second-order valence-electron chi connectivity index (χ2n) is 4.65. The van der Waals surface area contributed by atoms with Crippen molar-refractivity contribution in [2.24, 2.45) is 0 Å². The van der Waals surface area contributed by atoms with Gasteiger partial charge in [0.15, 0.2) is 0 Å². The third-order valence-corrected chi connectivity index (χ3v) is 6.26. The summed E-state index contributed by atoms with van der Waals surface area (Å²) in [4.78, 5) is 1.29. The van der Waals surface area contributed by atoms with Gasteiger partial charge in [0.05, 0.1) is 11.5 Å². The van der Waals surface area contributed by atoms with E-state index in [1.807, 2.05) is 18.5 Å². The van der Waals surface area contributed by atoms with Gasteiger partial charge in [0.2, 0.25) is 10.0 Å². The number of hydrogen-bond acceptors (Lipinski definition) is 5. The van der Waals surface area contributed by atoms with E-state index in [4.69, 9.17) is 4.74 Å². The molecule has 0 radical (unpaired) electrons. The van der Waals surface area contributed by atoms with Crippen LogP contribution in [0.3, 0.4) is 0 Å². The van der Waals surface area contributed by atoms with Crippen LogP contribution in [0.4, 0.5) is 0 Å². The summed E-state index contributed by atoms with van der Waals surface area (Å²) in [6.07, 6.45) is 2.69. The average Bonchev–Trinajstić information content (AvgIpc) is 2.89. The van der Waals surface area contributed by atoms with E-state index >= 15 is 0 Å². The predicted octanol–water partition coefficient (Wildman–Crippen LogP) is 1.43. The molecule has 5 nitrogen and oxygen atoms in total. The lowest BCUT2D eigenvalue weighted by Gasteiger charge is -2.25. The van der Waals surface area contributed by atoms with Crippen LogP contribution in [0.15, 0.2) is 28.0 Å². The molecule has 0 atom stereocenters. The van der Waals surface area contributed by atoms with Gasteiger partial charge in [-0.2, -0.15) is 4.31 Å². The normalized spacial score (nSPS) is 17.2. The fourth-order valence-electron chi connectivity index (χ4n) is 2.21. The van der Waals surface area contributed by atoms with Crippen LogP contribution < -0.4 is 5.32 Å². The Labute approximate surface area is 124 Å². The maximum atomic E-state index is 12.7. The van der Waals surface area contributed by atoms with Crippen molar-refractivity contribution < 1.29 is 13.2 Å². The number of nitrogens with zero attached hydrogens (tertiary/aromatic N) is 1. The molecule has 0 saturated carbocycles. The van der Waals surface area contributed by atoms with E-state index in [1.54, 1.807) is 13.2 Å². The molecule has 0 unspecified atom stereocenters. The molecule has 1 aromatic heterocycles. The van der Waals surface area contributed by atoms with Gasteiger partial charge in [-0.05, 0) is 30.5 Å². The molecular weight excluding hydrogens is 296 g/mol. The number of thiophene rings is 1. The van der Waals surface area contributed by atoms with Crippen LogP contribution in [0.1, 0.15) is 11.3 Å². The highest BCUT2D eigenvalue weighted by Crippen LogP contribution is 2.27. The zero-order valence-corrected chi connectivity index (χ0v) is 13.4. The molecule has 20 heavy (non-hydrogen) atoms. The highest BCUT2D eigenvalue weighted by atomic mass is 32.2. The van der Waals surface area contributed by atoms with Crippen molar-refractivity contribution in [1.29, 1.82) is 0 Å². The Balaban J connectivity index is 2.17. The minimum Gasteiger partial charge on any atom is -0.380 e. The lowest BCUT2D eigenvalue weighted by atomic mass is 10.1. The van der Waals surface area contributed by atoms with Gasteiger partial charge < -0.3 is 10.1 Å². The predicted molar refractivity (Wildman–Crippen MR) is 80.4 cm³/mol. The van der Waals surface area contributed by atoms with Gasteiger partial charge in [-0.1, -0.05) is 6.08 Å².